The van der Waals surface area contributed by atoms with E-state index in [-0.39, 0.29) is 28.6 Å². The Morgan fingerprint density at radius 1 is 1.17 bits per heavy atom. The Morgan fingerprint density at radius 3 is 2.63 bits per heavy atom. The number of aryl methyl sites for hydroxylation is 1. The monoisotopic (exact) mass is 566 g/mol. The van der Waals surface area contributed by atoms with Gasteiger partial charge in [-0.25, -0.2) is 15.0 Å². The summed E-state index contributed by atoms with van der Waals surface area (Å²) in [6.45, 7) is 9.26. The average molecular weight is 567 g/mol. The van der Waals surface area contributed by atoms with Gasteiger partial charge in [-0.1, -0.05) is 11.6 Å². The number of carbonyl (C=O) groups is 1. The minimum Gasteiger partial charge on any atom is -0.481 e. The van der Waals surface area contributed by atoms with E-state index < -0.39 is 0 Å². The number of allylic oxidation sites excluding steroid dienone is 2. The maximum Gasteiger partial charge on any atom is 0.270 e. The van der Waals surface area contributed by atoms with Gasteiger partial charge in [0.15, 0.2) is 5.82 Å². The summed E-state index contributed by atoms with van der Waals surface area (Å²) in [5.41, 5.74) is 3.92. The molecule has 0 aliphatic heterocycles. The van der Waals surface area contributed by atoms with Gasteiger partial charge in [-0.2, -0.15) is 14.6 Å². The first kappa shape index (κ1) is 28.7. The lowest BCUT2D eigenvalue weighted by molar-refractivity contribution is 0.0940. The highest BCUT2D eigenvalue weighted by atomic mass is 32.1. The van der Waals surface area contributed by atoms with Crippen molar-refractivity contribution in [3.05, 3.63) is 82.4 Å². The van der Waals surface area contributed by atoms with Crippen LogP contribution < -0.4 is 15.4 Å². The number of hydrogen-bond acceptors (Lipinski definition) is 12. The molecule has 2 N–H and O–H groups in total. The normalized spacial score (nSPS) is 12.3. The number of amides is 1. The van der Waals surface area contributed by atoms with Gasteiger partial charge in [-0.05, 0) is 63.3 Å². The molecule has 13 heteroatoms. The topological polar surface area (TPSA) is 164 Å². The fourth-order valence-electron chi connectivity index (χ4n) is 3.49. The van der Waals surface area contributed by atoms with Gasteiger partial charge >= 0.3 is 0 Å². The molecule has 4 heterocycles. The third-order valence-electron chi connectivity index (χ3n) is 5.82. The number of aliphatic imine (C=N–C) groups is 1. The highest BCUT2D eigenvalue weighted by Crippen LogP contribution is 2.21. The van der Waals surface area contributed by atoms with Gasteiger partial charge in [0, 0.05) is 47.4 Å². The molecule has 0 saturated carbocycles. The van der Waals surface area contributed by atoms with Crippen LogP contribution >= 0.6 is 11.5 Å². The molecule has 4 aromatic rings. The van der Waals surface area contributed by atoms with Crippen LogP contribution in [0.15, 0.2) is 65.4 Å². The summed E-state index contributed by atoms with van der Waals surface area (Å²) in [6, 6.07) is 10.4. The van der Waals surface area contributed by atoms with Gasteiger partial charge in [-0.15, -0.1) is 0 Å². The Hall–Kier alpha value is -5.35. The molecular weight excluding hydrogens is 540 g/mol. The fourth-order valence-corrected chi connectivity index (χ4v) is 3.92. The van der Waals surface area contributed by atoms with Crippen molar-refractivity contribution in [2.45, 2.75) is 26.8 Å². The van der Waals surface area contributed by atoms with Gasteiger partial charge in [0.1, 0.15) is 17.6 Å². The summed E-state index contributed by atoms with van der Waals surface area (Å²) in [5, 5.41) is 15.1. The first-order valence-electron chi connectivity index (χ1n) is 12.3. The molecule has 0 fully saturated rings. The first-order valence-corrected chi connectivity index (χ1v) is 13.1. The number of anilines is 2. The quantitative estimate of drug-likeness (QED) is 0.206. The number of ether oxygens (including phenoxy) is 1. The molecule has 0 aliphatic carbocycles. The Bertz CT molecular complexity index is 1650. The van der Waals surface area contributed by atoms with Gasteiger partial charge < -0.3 is 15.4 Å². The van der Waals surface area contributed by atoms with Crippen molar-refractivity contribution in [2.75, 3.05) is 12.4 Å². The molecule has 0 aromatic carbocycles. The van der Waals surface area contributed by atoms with Crippen molar-refractivity contribution in [1.82, 2.24) is 34.6 Å². The van der Waals surface area contributed by atoms with Crippen molar-refractivity contribution < 1.29 is 9.53 Å². The van der Waals surface area contributed by atoms with E-state index in [2.05, 4.69) is 51.6 Å². The summed E-state index contributed by atoms with van der Waals surface area (Å²) in [5.74, 6) is 1.36. The number of nitrogens with zero attached hydrogens (tertiary/aromatic N) is 8. The zero-order valence-corrected chi connectivity index (χ0v) is 23.6. The summed E-state index contributed by atoms with van der Waals surface area (Å²) < 4.78 is 9.18. The maximum absolute atomic E-state index is 12.9. The van der Waals surface area contributed by atoms with Crippen LogP contribution in [-0.2, 0) is 0 Å². The van der Waals surface area contributed by atoms with Gasteiger partial charge in [0.2, 0.25) is 16.8 Å². The molecule has 206 valence electrons. The lowest BCUT2D eigenvalue weighted by atomic mass is 10.1. The van der Waals surface area contributed by atoms with Crippen molar-refractivity contribution >= 4 is 41.6 Å². The Labute approximate surface area is 240 Å². The molecule has 0 radical (unpaired) electrons. The van der Waals surface area contributed by atoms with Crippen LogP contribution in [0.1, 0.15) is 40.6 Å². The molecule has 0 aliphatic rings. The summed E-state index contributed by atoms with van der Waals surface area (Å²) >= 11 is 0.993. The van der Waals surface area contributed by atoms with Gasteiger partial charge in [-0.3, -0.25) is 14.8 Å². The fraction of sp³-hybridized carbons (Fsp3) is 0.179. The smallest absolute Gasteiger partial charge is 0.270 e. The van der Waals surface area contributed by atoms with Crippen LogP contribution in [0.5, 0.6) is 5.88 Å². The lowest BCUT2D eigenvalue weighted by Gasteiger charge is -2.14. The number of nitrogens with one attached hydrogen (secondary N) is 2. The predicted octanol–water partition coefficient (Wildman–Crippen LogP) is 4.52. The SMILES string of the molecule is C=N/C(=C\C=C(/C)C(C)NC(=O)c1ccc(-c2nc(C)cc(Nc3nsc(C#N)n3)n2)cn1)c1ccc(OC)nc1. The van der Waals surface area contributed by atoms with E-state index in [1.807, 2.05) is 45.1 Å². The number of carbonyl (C=O) groups excluding carboxylic acids is 1. The highest BCUT2D eigenvalue weighted by Gasteiger charge is 2.14. The number of rotatable bonds is 10. The minimum absolute atomic E-state index is 0.248. The summed E-state index contributed by atoms with van der Waals surface area (Å²) in [4.78, 5) is 38.5. The second-order valence-electron chi connectivity index (χ2n) is 8.72. The molecule has 12 nitrogen and oxygen atoms in total. The third kappa shape index (κ3) is 7.40. The van der Waals surface area contributed by atoms with Crippen molar-refractivity contribution in [2.24, 2.45) is 4.99 Å². The molecule has 1 atom stereocenters. The van der Waals surface area contributed by atoms with Crippen LogP contribution in [0, 0.1) is 18.3 Å². The number of pyridine rings is 2. The van der Waals surface area contributed by atoms with Crippen molar-refractivity contribution in [3.63, 3.8) is 0 Å². The van der Waals surface area contributed by atoms with Crippen LogP contribution in [0.4, 0.5) is 11.8 Å². The van der Waals surface area contributed by atoms with E-state index in [1.165, 1.54) is 0 Å². The van der Waals surface area contributed by atoms with Crippen molar-refractivity contribution in [1.29, 1.82) is 5.26 Å². The van der Waals surface area contributed by atoms with E-state index in [0.717, 1.165) is 22.7 Å². The van der Waals surface area contributed by atoms with Gasteiger partial charge in [0.05, 0.1) is 12.8 Å². The number of hydrogen-bond donors (Lipinski definition) is 2. The van der Waals surface area contributed by atoms with E-state index in [0.29, 0.717) is 34.5 Å². The second-order valence-corrected chi connectivity index (χ2v) is 9.47. The Morgan fingerprint density at radius 2 is 2.00 bits per heavy atom. The first-order chi connectivity index (χ1) is 19.8. The van der Waals surface area contributed by atoms with E-state index >= 15 is 0 Å². The van der Waals surface area contributed by atoms with E-state index in [4.69, 9.17) is 10.00 Å². The number of methoxy groups -OCH3 is 1. The molecule has 1 amide bonds. The molecule has 4 aromatic heterocycles. The molecular formula is C28H26N10O2S. The predicted molar refractivity (Wildman–Crippen MR) is 157 cm³/mol. The van der Waals surface area contributed by atoms with Crippen molar-refractivity contribution in [3.8, 4) is 23.3 Å². The highest BCUT2D eigenvalue weighted by molar-refractivity contribution is 7.06. The average Bonchev–Trinajstić information content (AvgIpc) is 3.44. The van der Waals surface area contributed by atoms with E-state index in [9.17, 15) is 4.79 Å². The molecule has 1 unspecified atom stereocenters. The van der Waals surface area contributed by atoms with E-state index in [1.54, 1.807) is 43.8 Å². The summed E-state index contributed by atoms with van der Waals surface area (Å²) in [6.07, 6.45) is 6.90. The van der Waals surface area contributed by atoms with Gasteiger partial charge in [0.25, 0.3) is 5.91 Å². The van der Waals surface area contributed by atoms with Crippen LogP contribution in [0.3, 0.4) is 0 Å². The molecule has 0 spiro atoms. The Balaban J connectivity index is 1.42. The van der Waals surface area contributed by atoms with Crippen LogP contribution in [0.25, 0.3) is 17.1 Å². The minimum atomic E-state index is -0.322. The number of nitriles is 1. The number of aromatic nitrogens is 6. The maximum atomic E-state index is 12.9. The van der Waals surface area contributed by atoms with Crippen LogP contribution in [0.2, 0.25) is 0 Å². The largest absolute Gasteiger partial charge is 0.481 e. The third-order valence-corrected chi connectivity index (χ3v) is 6.44. The zero-order chi connectivity index (χ0) is 29.4. The molecule has 0 saturated heterocycles. The zero-order valence-electron chi connectivity index (χ0n) is 22.8. The van der Waals surface area contributed by atoms with Crippen LogP contribution in [-0.4, -0.2) is 55.1 Å². The molecule has 4 rings (SSSR count). The summed E-state index contributed by atoms with van der Waals surface area (Å²) in [7, 11) is 1.55. The standard InChI is InChI=1S/C28H26N10O2S/c1-16(6-9-21(30-4)19-8-11-24(40-5)32-14-19)18(3)34-27(39)22-10-7-20(15-31-22)26-33-17(2)12-23(35-26)36-28-37-25(13-29)41-38-28/h6-12,14-15,18H,4H2,1-3,5H3,(H,34,39)(H,33,35,36,38)/b16-6+,21-9-. The Kier molecular flexibility index (Phi) is 9.18. The lowest BCUT2D eigenvalue weighted by Crippen LogP contribution is -2.33. The second kappa shape index (κ2) is 13.1. The molecule has 0 bridgehead atoms. The molecule has 41 heavy (non-hydrogen) atoms.